The van der Waals surface area contributed by atoms with Crippen LogP contribution in [0.2, 0.25) is 0 Å². The lowest BCUT2D eigenvalue weighted by molar-refractivity contribution is -0.141. The fourth-order valence-electron chi connectivity index (χ4n) is 3.23. The number of amides is 4. The molecule has 2 fully saturated rings. The van der Waals surface area contributed by atoms with E-state index in [2.05, 4.69) is 5.32 Å². The van der Waals surface area contributed by atoms with E-state index < -0.39 is 0 Å². The summed E-state index contributed by atoms with van der Waals surface area (Å²) in [6.45, 7) is 11.1. The Morgan fingerprint density at radius 3 is 1.79 bits per heavy atom. The van der Waals surface area contributed by atoms with Gasteiger partial charge in [-0.2, -0.15) is 0 Å². The summed E-state index contributed by atoms with van der Waals surface area (Å²) in [6, 6.07) is -0.0654. The van der Waals surface area contributed by atoms with Crippen LogP contribution in [0.25, 0.3) is 0 Å². The molecule has 4 amide bonds. The molecule has 0 spiro atoms. The van der Waals surface area contributed by atoms with Crippen LogP contribution in [0, 0.1) is 5.92 Å². The number of carbonyl (C=O) groups is 3. The van der Waals surface area contributed by atoms with Gasteiger partial charge in [-0.3, -0.25) is 9.59 Å². The topological polar surface area (TPSA) is 73.0 Å². The minimum Gasteiger partial charge on any atom is -0.343 e. The van der Waals surface area contributed by atoms with Crippen LogP contribution in [0.5, 0.6) is 0 Å². The fraction of sp³-hybridized carbons (Fsp3) is 0.824. The largest absolute Gasteiger partial charge is 0.343 e. The van der Waals surface area contributed by atoms with Crippen molar-refractivity contribution in [1.82, 2.24) is 20.0 Å². The van der Waals surface area contributed by atoms with Crippen molar-refractivity contribution in [3.8, 4) is 0 Å². The summed E-state index contributed by atoms with van der Waals surface area (Å²) >= 11 is 0. The van der Waals surface area contributed by atoms with Crippen LogP contribution < -0.4 is 5.32 Å². The van der Waals surface area contributed by atoms with Gasteiger partial charge in [0.1, 0.15) is 0 Å². The number of hydrogen-bond donors (Lipinski definition) is 1. The predicted octanol–water partition coefficient (Wildman–Crippen LogP) is 0.897. The van der Waals surface area contributed by atoms with Gasteiger partial charge >= 0.3 is 6.03 Å². The molecular weight excluding hydrogens is 308 g/mol. The number of piperazine rings is 1. The Morgan fingerprint density at radius 1 is 0.833 bits per heavy atom. The lowest BCUT2D eigenvalue weighted by Gasteiger charge is -2.39. The maximum Gasteiger partial charge on any atom is 0.317 e. The third kappa shape index (κ3) is 4.85. The standard InChI is InChI=1S/C17H30N4O3/c1-13(22)19-7-5-14(6-8-19)15(23)20-9-11-21(12-10-20)16(24)18-17(2,3)4/h14H,5-12H2,1-4H3,(H,18,24). The zero-order valence-corrected chi connectivity index (χ0v) is 15.3. The van der Waals surface area contributed by atoms with E-state index in [4.69, 9.17) is 0 Å². The summed E-state index contributed by atoms with van der Waals surface area (Å²) in [5.41, 5.74) is -0.255. The lowest BCUT2D eigenvalue weighted by Crippen LogP contribution is -2.57. The van der Waals surface area contributed by atoms with Crippen molar-refractivity contribution >= 4 is 17.8 Å². The minimum atomic E-state index is -0.255. The normalized spacial score (nSPS) is 20.1. The van der Waals surface area contributed by atoms with Crippen molar-refractivity contribution in [2.45, 2.75) is 46.1 Å². The molecule has 7 nitrogen and oxygen atoms in total. The smallest absolute Gasteiger partial charge is 0.317 e. The van der Waals surface area contributed by atoms with Gasteiger partial charge in [-0.1, -0.05) is 0 Å². The van der Waals surface area contributed by atoms with Crippen LogP contribution in [0.15, 0.2) is 0 Å². The third-order valence-corrected chi connectivity index (χ3v) is 4.65. The number of likely N-dealkylation sites (tertiary alicyclic amines) is 1. The number of piperidine rings is 1. The quantitative estimate of drug-likeness (QED) is 0.772. The molecule has 24 heavy (non-hydrogen) atoms. The third-order valence-electron chi connectivity index (χ3n) is 4.65. The van der Waals surface area contributed by atoms with Crippen molar-refractivity contribution in [3.05, 3.63) is 0 Å². The second-order valence-corrected chi connectivity index (χ2v) is 7.77. The molecule has 0 aromatic carbocycles. The Bertz CT molecular complexity index is 485. The van der Waals surface area contributed by atoms with Crippen molar-refractivity contribution < 1.29 is 14.4 Å². The van der Waals surface area contributed by atoms with Crippen molar-refractivity contribution in [3.63, 3.8) is 0 Å². The number of nitrogens with zero attached hydrogens (tertiary/aromatic N) is 3. The molecule has 0 bridgehead atoms. The molecular formula is C17H30N4O3. The Morgan fingerprint density at radius 2 is 1.33 bits per heavy atom. The van der Waals surface area contributed by atoms with Crippen LogP contribution in [0.4, 0.5) is 4.79 Å². The second kappa shape index (κ2) is 7.40. The molecule has 0 aromatic heterocycles. The van der Waals surface area contributed by atoms with Crippen LogP contribution >= 0.6 is 0 Å². The molecule has 2 saturated heterocycles. The fourth-order valence-corrected chi connectivity index (χ4v) is 3.23. The van der Waals surface area contributed by atoms with E-state index in [1.807, 2.05) is 25.7 Å². The van der Waals surface area contributed by atoms with Crippen LogP contribution in [-0.2, 0) is 9.59 Å². The Labute approximate surface area is 144 Å². The van der Waals surface area contributed by atoms with Gasteiger partial charge in [0, 0.05) is 57.6 Å². The number of carbonyl (C=O) groups excluding carboxylic acids is 3. The van der Waals surface area contributed by atoms with E-state index >= 15 is 0 Å². The van der Waals surface area contributed by atoms with Gasteiger partial charge in [0.2, 0.25) is 11.8 Å². The first-order valence-corrected chi connectivity index (χ1v) is 8.79. The van der Waals surface area contributed by atoms with Crippen LogP contribution in [-0.4, -0.2) is 77.4 Å². The van der Waals surface area contributed by atoms with E-state index in [0.717, 1.165) is 12.8 Å². The number of urea groups is 1. The molecule has 0 aliphatic carbocycles. The summed E-state index contributed by atoms with van der Waals surface area (Å²) in [6.07, 6.45) is 1.48. The van der Waals surface area contributed by atoms with E-state index in [-0.39, 0.29) is 29.3 Å². The van der Waals surface area contributed by atoms with Crippen molar-refractivity contribution in [1.29, 1.82) is 0 Å². The highest BCUT2D eigenvalue weighted by Gasteiger charge is 2.32. The van der Waals surface area contributed by atoms with Gasteiger partial charge in [-0.25, -0.2) is 4.79 Å². The molecule has 0 saturated carbocycles. The highest BCUT2D eigenvalue weighted by molar-refractivity contribution is 5.80. The first-order chi connectivity index (χ1) is 11.2. The average molecular weight is 338 g/mol. The minimum absolute atomic E-state index is 0.00977. The zero-order valence-electron chi connectivity index (χ0n) is 15.3. The maximum atomic E-state index is 12.6. The maximum absolute atomic E-state index is 12.6. The molecule has 2 aliphatic heterocycles. The number of nitrogens with one attached hydrogen (secondary N) is 1. The van der Waals surface area contributed by atoms with Gasteiger partial charge in [-0.15, -0.1) is 0 Å². The second-order valence-electron chi connectivity index (χ2n) is 7.77. The van der Waals surface area contributed by atoms with E-state index in [0.29, 0.717) is 39.3 Å². The molecule has 136 valence electrons. The average Bonchev–Trinajstić information content (AvgIpc) is 2.53. The Kier molecular flexibility index (Phi) is 5.72. The molecule has 0 aromatic rings. The Hall–Kier alpha value is -1.79. The SMILES string of the molecule is CC(=O)N1CCC(C(=O)N2CCN(C(=O)NC(C)(C)C)CC2)CC1. The summed E-state index contributed by atoms with van der Waals surface area (Å²) in [5, 5.41) is 2.96. The lowest BCUT2D eigenvalue weighted by atomic mass is 9.95. The molecule has 0 unspecified atom stereocenters. The Balaban J connectivity index is 1.79. The zero-order chi connectivity index (χ0) is 17.9. The molecule has 2 heterocycles. The van der Waals surface area contributed by atoms with E-state index in [9.17, 15) is 14.4 Å². The van der Waals surface area contributed by atoms with Gasteiger partial charge in [0.05, 0.1) is 0 Å². The molecule has 2 aliphatic rings. The van der Waals surface area contributed by atoms with E-state index in [1.165, 1.54) is 0 Å². The molecule has 7 heteroatoms. The van der Waals surface area contributed by atoms with Crippen LogP contribution in [0.3, 0.4) is 0 Å². The predicted molar refractivity (Wildman–Crippen MR) is 91.4 cm³/mol. The van der Waals surface area contributed by atoms with Gasteiger partial charge < -0.3 is 20.0 Å². The highest BCUT2D eigenvalue weighted by atomic mass is 16.2. The van der Waals surface area contributed by atoms with Gasteiger partial charge in [0.25, 0.3) is 0 Å². The van der Waals surface area contributed by atoms with Crippen molar-refractivity contribution in [2.24, 2.45) is 5.92 Å². The summed E-state index contributed by atoms with van der Waals surface area (Å²) in [7, 11) is 0. The van der Waals surface area contributed by atoms with Crippen molar-refractivity contribution in [2.75, 3.05) is 39.3 Å². The highest BCUT2D eigenvalue weighted by Crippen LogP contribution is 2.20. The summed E-state index contributed by atoms with van der Waals surface area (Å²) < 4.78 is 0. The molecule has 0 atom stereocenters. The van der Waals surface area contributed by atoms with Gasteiger partial charge in [0.15, 0.2) is 0 Å². The van der Waals surface area contributed by atoms with Crippen LogP contribution in [0.1, 0.15) is 40.5 Å². The molecule has 0 radical (unpaired) electrons. The molecule has 1 N–H and O–H groups in total. The summed E-state index contributed by atoms with van der Waals surface area (Å²) in [4.78, 5) is 41.6. The molecule has 2 rings (SSSR count). The summed E-state index contributed by atoms with van der Waals surface area (Å²) in [5.74, 6) is 0.268. The van der Waals surface area contributed by atoms with E-state index in [1.54, 1.807) is 16.7 Å². The number of rotatable bonds is 1. The monoisotopic (exact) mass is 338 g/mol. The van der Waals surface area contributed by atoms with Gasteiger partial charge in [-0.05, 0) is 33.6 Å². The number of hydrogen-bond acceptors (Lipinski definition) is 3. The first kappa shape index (κ1) is 18.5. The first-order valence-electron chi connectivity index (χ1n) is 8.79.